The van der Waals surface area contributed by atoms with E-state index >= 15 is 0 Å². The van der Waals surface area contributed by atoms with Crippen molar-refractivity contribution in [3.05, 3.63) is 41.5 Å². The number of nitrogens with zero attached hydrogens (tertiary/aromatic N) is 3. The molecule has 0 saturated carbocycles. The molecule has 2 N–H and O–H groups in total. The predicted molar refractivity (Wildman–Crippen MR) is 126 cm³/mol. The molecule has 166 valence electrons. The fraction of sp³-hybridized carbons (Fsp3) is 0.417. The Bertz CT molecular complexity index is 1060. The van der Waals surface area contributed by atoms with Gasteiger partial charge in [-0.15, -0.1) is 22.8 Å². The summed E-state index contributed by atoms with van der Waals surface area (Å²) in [5.41, 5.74) is 3.19. The number of thiol groups is 1. The largest absolute Gasteiger partial charge is 0.508 e. The Labute approximate surface area is 189 Å². The second-order valence-corrected chi connectivity index (χ2v) is 8.48. The highest BCUT2D eigenvalue weighted by Gasteiger charge is 2.23. The fourth-order valence-electron chi connectivity index (χ4n) is 4.08. The first-order chi connectivity index (χ1) is 14.8. The van der Waals surface area contributed by atoms with Crippen molar-refractivity contribution in [2.24, 2.45) is 5.92 Å². The number of hydrogen-bond donors (Lipinski definition) is 3. The number of phenolic OH excluding ortho intramolecular Hbond substituents is 2. The van der Waals surface area contributed by atoms with Crippen LogP contribution in [0, 0.1) is 5.92 Å². The van der Waals surface area contributed by atoms with Gasteiger partial charge in [0.2, 0.25) is 0 Å². The molecule has 0 radical (unpaired) electrons. The molecule has 7 heteroatoms. The van der Waals surface area contributed by atoms with Gasteiger partial charge in [-0.3, -0.25) is 4.57 Å². The van der Waals surface area contributed by atoms with Gasteiger partial charge >= 0.3 is 0 Å². The van der Waals surface area contributed by atoms with Crippen molar-refractivity contribution in [3.63, 3.8) is 0 Å². The van der Waals surface area contributed by atoms with Crippen LogP contribution in [0.2, 0.25) is 0 Å². The topological polar surface area (TPSA) is 80.4 Å². The number of phenols is 2. The van der Waals surface area contributed by atoms with E-state index in [1.807, 2.05) is 19.1 Å². The first-order valence-electron chi connectivity index (χ1n) is 10.7. The summed E-state index contributed by atoms with van der Waals surface area (Å²) in [4.78, 5) is 0. The van der Waals surface area contributed by atoms with Crippen LogP contribution in [0.4, 0.5) is 0 Å². The van der Waals surface area contributed by atoms with Gasteiger partial charge in [-0.1, -0.05) is 34.1 Å². The number of hydrogen-bond acceptors (Lipinski definition) is 6. The summed E-state index contributed by atoms with van der Waals surface area (Å²) in [7, 11) is 1.69. The number of aromatic nitrogens is 3. The van der Waals surface area contributed by atoms with E-state index in [0.717, 1.165) is 35.4 Å². The molecule has 0 bridgehead atoms. The van der Waals surface area contributed by atoms with E-state index in [0.29, 0.717) is 34.8 Å². The minimum atomic E-state index is -0.0588. The van der Waals surface area contributed by atoms with E-state index < -0.39 is 0 Å². The number of aryl methyl sites for hydroxylation is 1. The van der Waals surface area contributed by atoms with E-state index in [9.17, 15) is 10.2 Å². The lowest BCUT2D eigenvalue weighted by Gasteiger charge is -2.24. The van der Waals surface area contributed by atoms with Gasteiger partial charge < -0.3 is 14.9 Å². The van der Waals surface area contributed by atoms with Crippen molar-refractivity contribution in [3.8, 4) is 34.3 Å². The maximum atomic E-state index is 10.5. The van der Waals surface area contributed by atoms with Crippen LogP contribution in [0.5, 0.6) is 17.2 Å². The molecule has 2 aromatic carbocycles. The van der Waals surface area contributed by atoms with Crippen LogP contribution in [0.15, 0.2) is 35.5 Å². The van der Waals surface area contributed by atoms with E-state index in [4.69, 9.17) is 4.74 Å². The Balaban J connectivity index is 2.20. The molecule has 0 aliphatic rings. The lowest BCUT2D eigenvalue weighted by molar-refractivity contribution is 0.388. The normalized spacial score (nSPS) is 12.4. The molecule has 1 heterocycles. The summed E-state index contributed by atoms with van der Waals surface area (Å²) in [6, 6.07) is 9.10. The standard InChI is InChI=1S/C24H31N3O3S/c1-6-8-17(14(3)4)18-12-16(9-10-22(18)30-5)27-23(25-26-24(27)31)19-11-15(7-2)20(28)13-21(19)29/h9-14,17,28-29H,6-8H2,1-5H3,(H,26,31). The SMILES string of the molecule is CCCC(c1cc(-n2c(S)nnc2-c2cc(CC)c(O)cc2O)ccc1OC)C(C)C. The smallest absolute Gasteiger partial charge is 0.193 e. The third-order valence-corrected chi connectivity index (χ3v) is 6.03. The Morgan fingerprint density at radius 2 is 1.81 bits per heavy atom. The minimum absolute atomic E-state index is 0.0588. The molecule has 0 aliphatic heterocycles. The van der Waals surface area contributed by atoms with Crippen molar-refractivity contribution >= 4 is 12.6 Å². The number of methoxy groups -OCH3 is 1. The minimum Gasteiger partial charge on any atom is -0.508 e. The van der Waals surface area contributed by atoms with Gasteiger partial charge in [-0.05, 0) is 60.1 Å². The van der Waals surface area contributed by atoms with Crippen molar-refractivity contribution in [2.75, 3.05) is 7.11 Å². The third-order valence-electron chi connectivity index (χ3n) is 5.74. The molecule has 1 aromatic heterocycles. The summed E-state index contributed by atoms with van der Waals surface area (Å²) in [5.74, 6) is 2.12. The maximum absolute atomic E-state index is 10.5. The van der Waals surface area contributed by atoms with E-state index in [1.54, 1.807) is 17.7 Å². The Kier molecular flexibility index (Phi) is 7.15. The van der Waals surface area contributed by atoms with Crippen LogP contribution in [0.1, 0.15) is 57.6 Å². The summed E-state index contributed by atoms with van der Waals surface area (Å²) in [6.45, 7) is 8.58. The molecule has 0 spiro atoms. The Morgan fingerprint density at radius 1 is 1.06 bits per heavy atom. The average Bonchev–Trinajstić information content (AvgIpc) is 3.12. The molecule has 6 nitrogen and oxygen atoms in total. The highest BCUT2D eigenvalue weighted by Crippen LogP contribution is 2.39. The number of benzene rings is 2. The molecule has 1 unspecified atom stereocenters. The lowest BCUT2D eigenvalue weighted by Crippen LogP contribution is -2.10. The molecule has 1 atom stereocenters. The molecule has 0 saturated heterocycles. The molecule has 3 rings (SSSR count). The molecule has 3 aromatic rings. The van der Waals surface area contributed by atoms with Crippen molar-refractivity contribution in [1.29, 1.82) is 0 Å². The quantitative estimate of drug-likeness (QED) is 0.388. The summed E-state index contributed by atoms with van der Waals surface area (Å²) < 4.78 is 7.48. The second-order valence-electron chi connectivity index (χ2n) is 8.08. The zero-order valence-electron chi connectivity index (χ0n) is 18.8. The second kappa shape index (κ2) is 9.64. The number of aromatic hydroxyl groups is 2. The van der Waals surface area contributed by atoms with Gasteiger partial charge in [0.15, 0.2) is 11.0 Å². The van der Waals surface area contributed by atoms with Crippen molar-refractivity contribution in [2.45, 2.75) is 58.0 Å². The van der Waals surface area contributed by atoms with E-state index in [-0.39, 0.29) is 11.5 Å². The van der Waals surface area contributed by atoms with Gasteiger partial charge in [0, 0.05) is 6.07 Å². The maximum Gasteiger partial charge on any atom is 0.193 e. The van der Waals surface area contributed by atoms with Crippen molar-refractivity contribution < 1.29 is 14.9 Å². The zero-order chi connectivity index (χ0) is 22.7. The van der Waals surface area contributed by atoms with Crippen LogP contribution in [-0.2, 0) is 6.42 Å². The van der Waals surface area contributed by atoms with Crippen LogP contribution in [0.3, 0.4) is 0 Å². The van der Waals surface area contributed by atoms with Gasteiger partial charge in [0.25, 0.3) is 0 Å². The van der Waals surface area contributed by atoms with Gasteiger partial charge in [-0.25, -0.2) is 0 Å². The first kappa shape index (κ1) is 23.0. The average molecular weight is 442 g/mol. The Morgan fingerprint density at radius 3 is 2.42 bits per heavy atom. The summed E-state index contributed by atoms with van der Waals surface area (Å²) >= 11 is 4.53. The molecular formula is C24H31N3O3S. The summed E-state index contributed by atoms with van der Waals surface area (Å²) in [5, 5.41) is 29.4. The van der Waals surface area contributed by atoms with Crippen LogP contribution in [-0.4, -0.2) is 32.1 Å². The molecule has 0 aliphatic carbocycles. The monoisotopic (exact) mass is 441 g/mol. The van der Waals surface area contributed by atoms with Crippen LogP contribution >= 0.6 is 12.6 Å². The van der Waals surface area contributed by atoms with Gasteiger partial charge in [0.1, 0.15) is 17.2 Å². The van der Waals surface area contributed by atoms with E-state index in [1.165, 1.54) is 6.07 Å². The number of ether oxygens (including phenoxy) is 1. The molecular weight excluding hydrogens is 410 g/mol. The lowest BCUT2D eigenvalue weighted by atomic mass is 9.84. The van der Waals surface area contributed by atoms with Crippen molar-refractivity contribution in [1.82, 2.24) is 14.8 Å². The predicted octanol–water partition coefficient (Wildman–Crippen LogP) is 5.74. The van der Waals surface area contributed by atoms with Gasteiger partial charge in [-0.2, -0.15) is 0 Å². The highest BCUT2D eigenvalue weighted by atomic mass is 32.1. The molecule has 0 fully saturated rings. The molecule has 31 heavy (non-hydrogen) atoms. The third kappa shape index (κ3) is 4.51. The molecule has 0 amide bonds. The zero-order valence-corrected chi connectivity index (χ0v) is 19.6. The van der Waals surface area contributed by atoms with Crippen LogP contribution in [0.25, 0.3) is 17.1 Å². The van der Waals surface area contributed by atoms with Gasteiger partial charge in [0.05, 0.1) is 18.4 Å². The van der Waals surface area contributed by atoms with Crippen LogP contribution < -0.4 is 4.74 Å². The summed E-state index contributed by atoms with van der Waals surface area (Å²) in [6.07, 6.45) is 2.76. The fourth-order valence-corrected chi connectivity index (χ4v) is 4.34. The van der Waals surface area contributed by atoms with E-state index in [2.05, 4.69) is 49.7 Å². The Hall–Kier alpha value is -2.67. The highest BCUT2D eigenvalue weighted by molar-refractivity contribution is 7.80. The number of rotatable bonds is 8. The first-order valence-corrected chi connectivity index (χ1v) is 11.1.